The van der Waals surface area contributed by atoms with Crippen LogP contribution in [0.2, 0.25) is 0 Å². The Labute approximate surface area is 131 Å². The second-order valence-corrected chi connectivity index (χ2v) is 7.30. The summed E-state index contributed by atoms with van der Waals surface area (Å²) in [6, 6.07) is 9.47. The first-order chi connectivity index (χ1) is 9.72. The number of halogens is 1. The summed E-state index contributed by atoms with van der Waals surface area (Å²) in [5, 5.41) is 3.90. The average molecular weight is 337 g/mol. The summed E-state index contributed by atoms with van der Waals surface area (Å²) in [7, 11) is 0. The molecular formula is C17H25BrN2. The molecule has 2 aliphatic rings. The predicted molar refractivity (Wildman–Crippen MR) is 89.4 cm³/mol. The van der Waals surface area contributed by atoms with Crippen molar-refractivity contribution in [1.82, 2.24) is 5.32 Å². The molecule has 0 bridgehead atoms. The van der Waals surface area contributed by atoms with Crippen molar-refractivity contribution in [3.8, 4) is 0 Å². The van der Waals surface area contributed by atoms with Gasteiger partial charge in [-0.05, 0) is 43.5 Å². The summed E-state index contributed by atoms with van der Waals surface area (Å²) in [4.78, 5) is 2.65. The minimum absolute atomic E-state index is 0.372. The number of piperazine rings is 1. The average Bonchev–Trinajstić information content (AvgIpc) is 2.49. The fraction of sp³-hybridized carbons (Fsp3) is 0.647. The first-order valence-corrected chi connectivity index (χ1v) is 8.79. The van der Waals surface area contributed by atoms with Gasteiger partial charge in [0, 0.05) is 34.8 Å². The van der Waals surface area contributed by atoms with E-state index in [9.17, 15) is 0 Å². The van der Waals surface area contributed by atoms with Crippen LogP contribution in [0.15, 0.2) is 28.7 Å². The van der Waals surface area contributed by atoms with Gasteiger partial charge in [0.2, 0.25) is 0 Å². The lowest BCUT2D eigenvalue weighted by molar-refractivity contribution is 0.196. The SMILES string of the molecule is CCC1CNC2(CCCCC2)CN1c1ccc(Br)cc1. The lowest BCUT2D eigenvalue weighted by Gasteiger charge is -2.50. The molecule has 1 aliphatic heterocycles. The highest BCUT2D eigenvalue weighted by molar-refractivity contribution is 9.10. The van der Waals surface area contributed by atoms with Crippen molar-refractivity contribution < 1.29 is 0 Å². The Morgan fingerprint density at radius 3 is 2.55 bits per heavy atom. The summed E-state index contributed by atoms with van der Waals surface area (Å²) in [6.07, 6.45) is 8.08. The molecule has 1 saturated carbocycles. The maximum atomic E-state index is 3.90. The van der Waals surface area contributed by atoms with E-state index in [0.717, 1.165) is 11.0 Å². The van der Waals surface area contributed by atoms with Crippen molar-refractivity contribution in [1.29, 1.82) is 0 Å². The Balaban J connectivity index is 1.82. The van der Waals surface area contributed by atoms with Crippen molar-refractivity contribution >= 4 is 21.6 Å². The number of hydrogen-bond acceptors (Lipinski definition) is 2. The van der Waals surface area contributed by atoms with Crippen LogP contribution in [0.1, 0.15) is 45.4 Å². The summed E-state index contributed by atoms with van der Waals surface area (Å²) in [5.74, 6) is 0. The molecule has 3 heteroatoms. The van der Waals surface area contributed by atoms with E-state index in [4.69, 9.17) is 0 Å². The molecule has 1 atom stereocenters. The Morgan fingerprint density at radius 1 is 1.20 bits per heavy atom. The van der Waals surface area contributed by atoms with Gasteiger partial charge < -0.3 is 10.2 Å². The van der Waals surface area contributed by atoms with Gasteiger partial charge in [-0.25, -0.2) is 0 Å². The van der Waals surface area contributed by atoms with Gasteiger partial charge in [0.05, 0.1) is 0 Å². The van der Waals surface area contributed by atoms with Gasteiger partial charge in [-0.15, -0.1) is 0 Å². The van der Waals surface area contributed by atoms with Crippen LogP contribution >= 0.6 is 15.9 Å². The highest BCUT2D eigenvalue weighted by atomic mass is 79.9. The second kappa shape index (κ2) is 6.07. The lowest BCUT2D eigenvalue weighted by Crippen LogP contribution is -2.65. The third-order valence-corrected chi connectivity index (χ3v) is 5.60. The molecule has 1 spiro atoms. The van der Waals surface area contributed by atoms with Gasteiger partial charge in [-0.1, -0.05) is 42.1 Å². The Hall–Kier alpha value is -0.540. The van der Waals surface area contributed by atoms with Crippen LogP contribution in [0.4, 0.5) is 5.69 Å². The first-order valence-electron chi connectivity index (χ1n) is 8.00. The molecule has 110 valence electrons. The highest BCUT2D eigenvalue weighted by Gasteiger charge is 2.39. The number of anilines is 1. The van der Waals surface area contributed by atoms with Gasteiger partial charge in [-0.3, -0.25) is 0 Å². The fourth-order valence-electron chi connectivity index (χ4n) is 3.82. The maximum Gasteiger partial charge on any atom is 0.0412 e. The molecule has 0 aromatic heterocycles. The molecule has 1 unspecified atom stereocenters. The largest absolute Gasteiger partial charge is 0.365 e. The third-order valence-electron chi connectivity index (χ3n) is 5.07. The van der Waals surface area contributed by atoms with Crippen molar-refractivity contribution in [3.63, 3.8) is 0 Å². The van der Waals surface area contributed by atoms with Gasteiger partial charge in [0.25, 0.3) is 0 Å². The molecule has 1 aromatic carbocycles. The summed E-state index contributed by atoms with van der Waals surface area (Å²) < 4.78 is 1.16. The van der Waals surface area contributed by atoms with E-state index < -0.39 is 0 Å². The van der Waals surface area contributed by atoms with E-state index in [1.165, 1.54) is 50.8 Å². The molecule has 0 amide bonds. The molecule has 20 heavy (non-hydrogen) atoms. The fourth-order valence-corrected chi connectivity index (χ4v) is 4.08. The molecule has 1 aliphatic carbocycles. The smallest absolute Gasteiger partial charge is 0.0412 e. The number of benzene rings is 1. The van der Waals surface area contributed by atoms with Crippen LogP contribution < -0.4 is 10.2 Å². The van der Waals surface area contributed by atoms with E-state index in [-0.39, 0.29) is 0 Å². The van der Waals surface area contributed by atoms with E-state index in [1.54, 1.807) is 0 Å². The van der Waals surface area contributed by atoms with Crippen molar-refractivity contribution in [2.24, 2.45) is 0 Å². The molecule has 0 radical (unpaired) electrons. The Morgan fingerprint density at radius 2 is 1.90 bits per heavy atom. The molecule has 2 fully saturated rings. The zero-order chi connectivity index (χ0) is 14.0. The lowest BCUT2D eigenvalue weighted by atomic mass is 9.79. The van der Waals surface area contributed by atoms with Crippen LogP contribution in [0.5, 0.6) is 0 Å². The molecule has 2 nitrogen and oxygen atoms in total. The maximum absolute atomic E-state index is 3.90. The molecule has 1 heterocycles. The number of hydrogen-bond donors (Lipinski definition) is 1. The van der Waals surface area contributed by atoms with Gasteiger partial charge in [-0.2, -0.15) is 0 Å². The third kappa shape index (κ3) is 2.89. The van der Waals surface area contributed by atoms with E-state index in [1.807, 2.05) is 0 Å². The second-order valence-electron chi connectivity index (χ2n) is 6.39. The van der Waals surface area contributed by atoms with Gasteiger partial charge in [0.15, 0.2) is 0 Å². The van der Waals surface area contributed by atoms with Crippen LogP contribution in [0, 0.1) is 0 Å². The van der Waals surface area contributed by atoms with E-state index in [2.05, 4.69) is 57.3 Å². The van der Waals surface area contributed by atoms with Crippen LogP contribution in [-0.4, -0.2) is 24.7 Å². The Bertz CT molecular complexity index is 437. The normalized spacial score (nSPS) is 25.9. The zero-order valence-corrected chi connectivity index (χ0v) is 14.0. The molecule has 3 rings (SSSR count). The quantitative estimate of drug-likeness (QED) is 0.864. The summed E-state index contributed by atoms with van der Waals surface area (Å²) >= 11 is 3.54. The van der Waals surface area contributed by atoms with Crippen LogP contribution in [0.3, 0.4) is 0 Å². The minimum atomic E-state index is 0.372. The van der Waals surface area contributed by atoms with Gasteiger partial charge in [0.1, 0.15) is 0 Å². The summed E-state index contributed by atoms with van der Waals surface area (Å²) in [5.41, 5.74) is 1.75. The Kier molecular flexibility index (Phi) is 4.37. The summed E-state index contributed by atoms with van der Waals surface area (Å²) in [6.45, 7) is 4.61. The molecule has 1 N–H and O–H groups in total. The van der Waals surface area contributed by atoms with E-state index >= 15 is 0 Å². The van der Waals surface area contributed by atoms with Crippen molar-refractivity contribution in [3.05, 3.63) is 28.7 Å². The standard InChI is InChI=1S/C17H25BrN2/c1-2-15-12-19-17(10-4-3-5-11-17)13-20(15)16-8-6-14(18)7-9-16/h6-9,15,19H,2-5,10-13H2,1H3. The van der Waals surface area contributed by atoms with Crippen LogP contribution in [-0.2, 0) is 0 Å². The minimum Gasteiger partial charge on any atom is -0.365 e. The predicted octanol–water partition coefficient (Wildman–Crippen LogP) is 4.34. The molecule has 1 saturated heterocycles. The molecular weight excluding hydrogens is 312 g/mol. The molecule has 1 aromatic rings. The van der Waals surface area contributed by atoms with Gasteiger partial charge >= 0.3 is 0 Å². The first kappa shape index (κ1) is 14.4. The van der Waals surface area contributed by atoms with Crippen LogP contribution in [0.25, 0.3) is 0 Å². The monoisotopic (exact) mass is 336 g/mol. The topological polar surface area (TPSA) is 15.3 Å². The van der Waals surface area contributed by atoms with E-state index in [0.29, 0.717) is 11.6 Å². The van der Waals surface area contributed by atoms with Crippen molar-refractivity contribution in [2.45, 2.75) is 57.0 Å². The number of nitrogens with zero attached hydrogens (tertiary/aromatic N) is 1. The number of rotatable bonds is 2. The zero-order valence-electron chi connectivity index (χ0n) is 12.4. The number of nitrogens with one attached hydrogen (secondary N) is 1. The highest BCUT2D eigenvalue weighted by Crippen LogP contribution is 2.34. The van der Waals surface area contributed by atoms with Crippen molar-refractivity contribution in [2.75, 3.05) is 18.0 Å².